The Labute approximate surface area is 109 Å². The molecule has 2 heteroatoms. The first-order chi connectivity index (χ1) is 8.24. The van der Waals surface area contributed by atoms with E-state index in [1.54, 1.807) is 0 Å². The number of benzene rings is 1. The van der Waals surface area contributed by atoms with Crippen molar-refractivity contribution in [1.29, 1.82) is 0 Å². The van der Waals surface area contributed by atoms with Crippen molar-refractivity contribution >= 4 is 11.6 Å². The summed E-state index contributed by atoms with van der Waals surface area (Å²) in [5.41, 5.74) is 1.30. The molecule has 1 aromatic carbocycles. The summed E-state index contributed by atoms with van der Waals surface area (Å²) in [6.07, 6.45) is 9.07. The Balaban J connectivity index is 2.12. The molecule has 0 amide bonds. The van der Waals surface area contributed by atoms with Crippen LogP contribution in [0.1, 0.15) is 37.8 Å². The van der Waals surface area contributed by atoms with Crippen LogP contribution in [0.15, 0.2) is 24.3 Å². The number of nitrogens with one attached hydrogen (secondary N) is 1. The van der Waals surface area contributed by atoms with Gasteiger partial charge in [-0.25, -0.2) is 0 Å². The third-order valence-corrected chi connectivity index (χ3v) is 3.56. The lowest BCUT2D eigenvalue weighted by atomic mass is 10.0. The Morgan fingerprint density at radius 2 is 2.06 bits per heavy atom. The van der Waals surface area contributed by atoms with E-state index in [2.05, 4.69) is 30.3 Å². The van der Waals surface area contributed by atoms with E-state index >= 15 is 0 Å². The SMILES string of the molecule is C#CC(CC)NC(c1ccc(Cl)cc1)C1CC1. The molecule has 1 fully saturated rings. The molecule has 0 saturated heterocycles. The van der Waals surface area contributed by atoms with Gasteiger partial charge in [0.25, 0.3) is 0 Å². The zero-order valence-corrected chi connectivity index (χ0v) is 10.9. The van der Waals surface area contributed by atoms with Crippen molar-refractivity contribution in [2.24, 2.45) is 5.92 Å². The topological polar surface area (TPSA) is 12.0 Å². The molecule has 2 rings (SSSR count). The molecular formula is C15H18ClN. The largest absolute Gasteiger partial charge is 0.297 e. The Kier molecular flexibility index (Phi) is 4.10. The summed E-state index contributed by atoms with van der Waals surface area (Å²) in [6.45, 7) is 2.11. The molecule has 2 unspecified atom stereocenters. The minimum absolute atomic E-state index is 0.163. The second kappa shape index (κ2) is 5.58. The second-order valence-electron chi connectivity index (χ2n) is 4.66. The fourth-order valence-electron chi connectivity index (χ4n) is 2.10. The standard InChI is InChI=1S/C15H18ClN/c1-3-14(4-2)17-15(11-5-6-11)12-7-9-13(16)10-8-12/h1,7-11,14-15,17H,4-6H2,2H3. The molecule has 1 nitrogen and oxygen atoms in total. The Morgan fingerprint density at radius 3 is 2.53 bits per heavy atom. The van der Waals surface area contributed by atoms with Crippen molar-refractivity contribution in [3.05, 3.63) is 34.9 Å². The molecule has 17 heavy (non-hydrogen) atoms. The zero-order valence-electron chi connectivity index (χ0n) is 10.1. The van der Waals surface area contributed by atoms with Gasteiger partial charge in [-0.2, -0.15) is 0 Å². The zero-order chi connectivity index (χ0) is 12.3. The van der Waals surface area contributed by atoms with Crippen LogP contribution >= 0.6 is 11.6 Å². The molecule has 1 aromatic rings. The molecule has 0 aliphatic heterocycles. The summed E-state index contributed by atoms with van der Waals surface area (Å²) in [4.78, 5) is 0. The summed E-state index contributed by atoms with van der Waals surface area (Å²) in [5.74, 6) is 3.54. The van der Waals surface area contributed by atoms with Gasteiger partial charge in [-0.3, -0.25) is 5.32 Å². The fourth-order valence-corrected chi connectivity index (χ4v) is 2.23. The van der Waals surface area contributed by atoms with Crippen molar-refractivity contribution in [3.8, 4) is 12.3 Å². The van der Waals surface area contributed by atoms with E-state index in [4.69, 9.17) is 18.0 Å². The van der Waals surface area contributed by atoms with E-state index in [-0.39, 0.29) is 6.04 Å². The molecule has 0 radical (unpaired) electrons. The van der Waals surface area contributed by atoms with Crippen LogP contribution in [0.5, 0.6) is 0 Å². The normalized spacial score (nSPS) is 18.4. The molecule has 0 heterocycles. The molecular weight excluding hydrogens is 230 g/mol. The van der Waals surface area contributed by atoms with E-state index in [0.717, 1.165) is 17.4 Å². The van der Waals surface area contributed by atoms with Gasteiger partial charge in [0.1, 0.15) is 0 Å². The van der Waals surface area contributed by atoms with Gasteiger partial charge >= 0.3 is 0 Å². The van der Waals surface area contributed by atoms with Gasteiger partial charge in [-0.05, 0) is 42.9 Å². The van der Waals surface area contributed by atoms with Crippen LogP contribution in [0.25, 0.3) is 0 Å². The highest BCUT2D eigenvalue weighted by atomic mass is 35.5. The number of halogens is 1. The van der Waals surface area contributed by atoms with E-state index in [9.17, 15) is 0 Å². The molecule has 1 aliphatic rings. The first kappa shape index (κ1) is 12.5. The quantitative estimate of drug-likeness (QED) is 0.781. The van der Waals surface area contributed by atoms with Gasteiger partial charge in [-0.1, -0.05) is 36.6 Å². The fraction of sp³-hybridized carbons (Fsp3) is 0.467. The lowest BCUT2D eigenvalue weighted by Gasteiger charge is -2.22. The number of hydrogen-bond donors (Lipinski definition) is 1. The van der Waals surface area contributed by atoms with Crippen LogP contribution in [0.4, 0.5) is 0 Å². The first-order valence-electron chi connectivity index (χ1n) is 6.22. The van der Waals surface area contributed by atoms with Crippen LogP contribution in [-0.2, 0) is 0 Å². The Hall–Kier alpha value is -0.970. The summed E-state index contributed by atoms with van der Waals surface area (Å²) in [6, 6.07) is 8.64. The van der Waals surface area contributed by atoms with Gasteiger partial charge in [0.2, 0.25) is 0 Å². The molecule has 0 spiro atoms. The van der Waals surface area contributed by atoms with E-state index in [0.29, 0.717) is 6.04 Å². The molecule has 1 N–H and O–H groups in total. The lowest BCUT2D eigenvalue weighted by molar-refractivity contribution is 0.442. The van der Waals surface area contributed by atoms with Crippen LogP contribution in [0, 0.1) is 18.3 Å². The molecule has 0 bridgehead atoms. The Bertz CT molecular complexity index is 400. The van der Waals surface area contributed by atoms with Crippen molar-refractivity contribution in [1.82, 2.24) is 5.32 Å². The van der Waals surface area contributed by atoms with Crippen molar-refractivity contribution < 1.29 is 0 Å². The maximum absolute atomic E-state index is 5.92. The smallest absolute Gasteiger partial charge is 0.0689 e. The second-order valence-corrected chi connectivity index (χ2v) is 5.10. The molecule has 2 atom stereocenters. The van der Waals surface area contributed by atoms with Crippen LogP contribution in [-0.4, -0.2) is 6.04 Å². The first-order valence-corrected chi connectivity index (χ1v) is 6.60. The summed E-state index contributed by atoms with van der Waals surface area (Å²) in [5, 5.41) is 4.36. The highest BCUT2D eigenvalue weighted by Crippen LogP contribution is 2.41. The molecule has 1 aliphatic carbocycles. The van der Waals surface area contributed by atoms with Gasteiger partial charge in [0.15, 0.2) is 0 Å². The number of rotatable bonds is 5. The third kappa shape index (κ3) is 3.25. The molecule has 90 valence electrons. The van der Waals surface area contributed by atoms with E-state index < -0.39 is 0 Å². The van der Waals surface area contributed by atoms with Crippen molar-refractivity contribution in [2.45, 2.75) is 38.3 Å². The van der Waals surface area contributed by atoms with Gasteiger partial charge in [-0.15, -0.1) is 6.42 Å². The average Bonchev–Trinajstić information content (AvgIpc) is 3.17. The number of terminal acetylenes is 1. The summed E-state index contributed by atoms with van der Waals surface area (Å²) < 4.78 is 0. The molecule has 0 aromatic heterocycles. The van der Waals surface area contributed by atoms with Gasteiger partial charge in [0.05, 0.1) is 6.04 Å². The highest BCUT2D eigenvalue weighted by molar-refractivity contribution is 6.30. The Morgan fingerprint density at radius 1 is 1.41 bits per heavy atom. The highest BCUT2D eigenvalue weighted by Gasteiger charge is 2.32. The van der Waals surface area contributed by atoms with Crippen LogP contribution in [0.3, 0.4) is 0 Å². The van der Waals surface area contributed by atoms with Crippen molar-refractivity contribution in [2.75, 3.05) is 0 Å². The van der Waals surface area contributed by atoms with Crippen molar-refractivity contribution in [3.63, 3.8) is 0 Å². The number of hydrogen-bond acceptors (Lipinski definition) is 1. The van der Waals surface area contributed by atoms with E-state index in [1.807, 2.05) is 12.1 Å². The average molecular weight is 248 g/mol. The lowest BCUT2D eigenvalue weighted by Crippen LogP contribution is -2.32. The minimum Gasteiger partial charge on any atom is -0.297 e. The molecule has 1 saturated carbocycles. The van der Waals surface area contributed by atoms with E-state index in [1.165, 1.54) is 18.4 Å². The maximum atomic E-state index is 5.92. The third-order valence-electron chi connectivity index (χ3n) is 3.31. The summed E-state index contributed by atoms with van der Waals surface area (Å²) in [7, 11) is 0. The minimum atomic E-state index is 0.163. The summed E-state index contributed by atoms with van der Waals surface area (Å²) >= 11 is 5.92. The van der Waals surface area contributed by atoms with Gasteiger partial charge in [0, 0.05) is 11.1 Å². The predicted octanol–water partition coefficient (Wildman–Crippen LogP) is 3.79. The van der Waals surface area contributed by atoms with Crippen LogP contribution in [0.2, 0.25) is 5.02 Å². The van der Waals surface area contributed by atoms with Gasteiger partial charge < -0.3 is 0 Å². The maximum Gasteiger partial charge on any atom is 0.0689 e. The van der Waals surface area contributed by atoms with Crippen LogP contribution < -0.4 is 5.32 Å². The monoisotopic (exact) mass is 247 g/mol. The predicted molar refractivity (Wildman–Crippen MR) is 73.0 cm³/mol.